The first-order valence-corrected chi connectivity index (χ1v) is 10.5. The molecule has 1 heterocycles. The van der Waals surface area contributed by atoms with E-state index in [1.54, 1.807) is 43.3 Å². The third kappa shape index (κ3) is 5.86. The van der Waals surface area contributed by atoms with Crippen LogP contribution in [0.4, 0.5) is 10.5 Å². The van der Waals surface area contributed by atoms with Crippen molar-refractivity contribution in [3.05, 3.63) is 57.0 Å². The van der Waals surface area contributed by atoms with Gasteiger partial charge in [0.05, 0.1) is 11.1 Å². The van der Waals surface area contributed by atoms with E-state index in [1.807, 2.05) is 10.6 Å². The minimum Gasteiger partial charge on any atom is -0.490 e. The summed E-state index contributed by atoms with van der Waals surface area (Å²) in [6.45, 7) is 1.77. The fourth-order valence-electron chi connectivity index (χ4n) is 2.72. The van der Waals surface area contributed by atoms with Crippen molar-refractivity contribution < 1.29 is 28.7 Å². The summed E-state index contributed by atoms with van der Waals surface area (Å²) in [5, 5.41) is 7.24. The summed E-state index contributed by atoms with van der Waals surface area (Å²) in [5.74, 6) is -1.46. The Bertz CT molecular complexity index is 1100. The molecule has 2 aromatic carbocycles. The maximum absolute atomic E-state index is 12.2. The zero-order valence-corrected chi connectivity index (χ0v) is 19.0. The third-order valence-electron chi connectivity index (χ3n) is 4.06. The summed E-state index contributed by atoms with van der Waals surface area (Å²) in [4.78, 5) is 47.3. The lowest BCUT2D eigenvalue weighted by Crippen LogP contribution is -2.51. The highest BCUT2D eigenvalue weighted by atomic mass is 79.9. The van der Waals surface area contributed by atoms with E-state index in [1.165, 1.54) is 6.08 Å². The molecule has 32 heavy (non-hydrogen) atoms. The van der Waals surface area contributed by atoms with E-state index in [0.29, 0.717) is 33.1 Å². The number of carbonyl (C=O) groups is 4. The van der Waals surface area contributed by atoms with Crippen molar-refractivity contribution in [2.45, 2.75) is 6.92 Å². The van der Waals surface area contributed by atoms with Crippen LogP contribution in [-0.4, -0.2) is 37.0 Å². The van der Waals surface area contributed by atoms with E-state index in [0.717, 1.165) is 0 Å². The van der Waals surface area contributed by atoms with Crippen LogP contribution < -0.4 is 25.4 Å². The van der Waals surface area contributed by atoms with Crippen molar-refractivity contribution in [3.8, 4) is 11.5 Å². The van der Waals surface area contributed by atoms with Gasteiger partial charge in [0.2, 0.25) is 0 Å². The van der Waals surface area contributed by atoms with Crippen molar-refractivity contribution in [2.24, 2.45) is 0 Å². The Balaban J connectivity index is 1.78. The summed E-state index contributed by atoms with van der Waals surface area (Å²) >= 11 is 9.19. The fourth-order valence-corrected chi connectivity index (χ4v) is 3.42. The highest BCUT2D eigenvalue weighted by Crippen LogP contribution is 2.37. The van der Waals surface area contributed by atoms with Crippen molar-refractivity contribution in [1.29, 1.82) is 0 Å². The first-order valence-electron chi connectivity index (χ1n) is 9.29. The minimum absolute atomic E-state index is 0.241. The molecule has 0 saturated carbocycles. The Morgan fingerprint density at radius 2 is 1.75 bits per heavy atom. The molecule has 9 nitrogen and oxygen atoms in total. The molecular weight excluding hydrogens is 506 g/mol. The second-order valence-electron chi connectivity index (χ2n) is 6.40. The predicted molar refractivity (Wildman–Crippen MR) is 121 cm³/mol. The molecule has 0 aromatic heterocycles. The van der Waals surface area contributed by atoms with E-state index in [-0.39, 0.29) is 17.9 Å². The van der Waals surface area contributed by atoms with Gasteiger partial charge in [-0.05, 0) is 70.9 Å². The van der Waals surface area contributed by atoms with Crippen molar-refractivity contribution in [1.82, 2.24) is 10.6 Å². The van der Waals surface area contributed by atoms with Crippen molar-refractivity contribution >= 4 is 63.0 Å². The number of carbonyl (C=O) groups excluding carboxylic acids is 4. The lowest BCUT2D eigenvalue weighted by atomic mass is 10.1. The molecule has 3 N–H and O–H groups in total. The number of ether oxygens (including phenoxy) is 2. The lowest BCUT2D eigenvalue weighted by Gasteiger charge is -2.16. The Kier molecular flexibility index (Phi) is 7.49. The zero-order chi connectivity index (χ0) is 23.3. The molecule has 5 amide bonds. The van der Waals surface area contributed by atoms with Crippen molar-refractivity contribution in [2.75, 3.05) is 18.5 Å². The van der Waals surface area contributed by atoms with Crippen LogP contribution in [0.25, 0.3) is 6.08 Å². The van der Waals surface area contributed by atoms with Gasteiger partial charge >= 0.3 is 6.03 Å². The number of hydrogen-bond acceptors (Lipinski definition) is 6. The highest BCUT2D eigenvalue weighted by Gasteiger charge is 2.28. The first-order chi connectivity index (χ1) is 15.3. The molecule has 0 spiro atoms. The Labute approximate surface area is 196 Å². The molecule has 0 radical (unpaired) electrons. The topological polar surface area (TPSA) is 123 Å². The number of halogens is 2. The predicted octanol–water partition coefficient (Wildman–Crippen LogP) is 3.27. The van der Waals surface area contributed by atoms with Gasteiger partial charge in [-0.1, -0.05) is 11.6 Å². The van der Waals surface area contributed by atoms with Crippen LogP contribution in [0.1, 0.15) is 12.5 Å². The number of nitrogens with one attached hydrogen (secondary N) is 3. The lowest BCUT2D eigenvalue weighted by molar-refractivity contribution is -0.124. The van der Waals surface area contributed by atoms with Gasteiger partial charge < -0.3 is 14.8 Å². The summed E-state index contributed by atoms with van der Waals surface area (Å²) in [6.07, 6.45) is 1.31. The average Bonchev–Trinajstić information content (AvgIpc) is 2.72. The fraction of sp³-hybridized carbons (Fsp3) is 0.143. The molecule has 1 aliphatic rings. The van der Waals surface area contributed by atoms with Gasteiger partial charge in [-0.15, -0.1) is 0 Å². The number of anilines is 1. The smallest absolute Gasteiger partial charge is 0.328 e. The molecule has 0 aliphatic carbocycles. The molecule has 1 aliphatic heterocycles. The maximum Gasteiger partial charge on any atom is 0.328 e. The molecule has 0 bridgehead atoms. The van der Waals surface area contributed by atoms with Crippen molar-refractivity contribution in [3.63, 3.8) is 0 Å². The zero-order valence-electron chi connectivity index (χ0n) is 16.7. The number of barbiturate groups is 1. The molecule has 11 heteroatoms. The van der Waals surface area contributed by atoms with E-state index >= 15 is 0 Å². The second kappa shape index (κ2) is 10.3. The van der Waals surface area contributed by atoms with Gasteiger partial charge in [0, 0.05) is 10.7 Å². The molecule has 0 atom stereocenters. The van der Waals surface area contributed by atoms with Gasteiger partial charge in [-0.25, -0.2) is 4.79 Å². The molecular formula is C21H17BrClN3O6. The number of urea groups is 1. The quantitative estimate of drug-likeness (QED) is 0.379. The molecule has 2 aromatic rings. The first kappa shape index (κ1) is 23.3. The van der Waals surface area contributed by atoms with E-state index in [9.17, 15) is 19.2 Å². The van der Waals surface area contributed by atoms with E-state index < -0.39 is 23.8 Å². The number of rotatable bonds is 7. The molecule has 166 valence electrons. The molecule has 0 unspecified atom stereocenters. The standard InChI is InChI=1S/C21H17BrClN3O6/c1-2-31-16-9-11(7-14-19(28)25-21(30)26-20(14)29)8-15(22)18(16)32-10-17(27)24-13-5-3-12(23)4-6-13/h3-9H,2,10H2,1H3,(H,24,27)(H2,25,26,28,29,30). The number of hydrogen-bond donors (Lipinski definition) is 3. The summed E-state index contributed by atoms with van der Waals surface area (Å²) in [6, 6.07) is 8.87. The average molecular weight is 523 g/mol. The van der Waals surface area contributed by atoms with Crippen LogP contribution in [0.2, 0.25) is 5.02 Å². The van der Waals surface area contributed by atoms with Crippen LogP contribution in [0, 0.1) is 0 Å². The van der Waals surface area contributed by atoms with Gasteiger partial charge in [-0.3, -0.25) is 25.0 Å². The van der Waals surface area contributed by atoms with E-state index in [2.05, 4.69) is 21.2 Å². The summed E-state index contributed by atoms with van der Waals surface area (Å²) in [5.41, 5.74) is 0.763. The van der Waals surface area contributed by atoms with E-state index in [4.69, 9.17) is 21.1 Å². The molecule has 3 rings (SSSR count). The highest BCUT2D eigenvalue weighted by molar-refractivity contribution is 9.10. The minimum atomic E-state index is -0.881. The maximum atomic E-state index is 12.2. The normalized spacial score (nSPS) is 13.2. The van der Waals surface area contributed by atoms with Crippen LogP contribution in [0.3, 0.4) is 0 Å². The SMILES string of the molecule is CCOc1cc(C=C2C(=O)NC(=O)NC2=O)cc(Br)c1OCC(=O)Nc1ccc(Cl)cc1. The Morgan fingerprint density at radius 1 is 1.09 bits per heavy atom. The molecule has 1 fully saturated rings. The van der Waals surface area contributed by atoms with Gasteiger partial charge in [0.1, 0.15) is 5.57 Å². The van der Waals surface area contributed by atoms with Gasteiger partial charge in [0.25, 0.3) is 17.7 Å². The van der Waals surface area contributed by atoms with Gasteiger partial charge in [0.15, 0.2) is 18.1 Å². The second-order valence-corrected chi connectivity index (χ2v) is 7.69. The third-order valence-corrected chi connectivity index (χ3v) is 4.90. The summed E-state index contributed by atoms with van der Waals surface area (Å²) in [7, 11) is 0. The molecule has 1 saturated heterocycles. The van der Waals surface area contributed by atoms with Crippen LogP contribution >= 0.6 is 27.5 Å². The Morgan fingerprint density at radius 3 is 2.38 bits per heavy atom. The number of amides is 5. The summed E-state index contributed by atoms with van der Waals surface area (Å²) < 4.78 is 11.7. The number of benzene rings is 2. The van der Waals surface area contributed by atoms with Crippen LogP contribution in [0.5, 0.6) is 11.5 Å². The van der Waals surface area contributed by atoms with Gasteiger partial charge in [-0.2, -0.15) is 0 Å². The number of imide groups is 2. The Hall–Kier alpha value is -3.37. The largest absolute Gasteiger partial charge is 0.490 e. The van der Waals surface area contributed by atoms with Crippen LogP contribution in [-0.2, 0) is 14.4 Å². The van der Waals surface area contributed by atoms with Crippen LogP contribution in [0.15, 0.2) is 46.4 Å². The monoisotopic (exact) mass is 521 g/mol.